The molecule has 0 bridgehead atoms. The van der Waals surface area contributed by atoms with Gasteiger partial charge in [0, 0.05) is 43.8 Å². The molecule has 0 saturated carbocycles. The molecule has 5 heteroatoms. The van der Waals surface area contributed by atoms with Crippen molar-refractivity contribution in [3.63, 3.8) is 0 Å². The number of nitrogens with zero attached hydrogens (tertiary/aromatic N) is 3. The van der Waals surface area contributed by atoms with Crippen molar-refractivity contribution in [2.75, 3.05) is 0 Å². The number of aromatic nitrogens is 1. The van der Waals surface area contributed by atoms with Crippen molar-refractivity contribution in [3.05, 3.63) is 247 Å². The van der Waals surface area contributed by atoms with Crippen LogP contribution in [0.3, 0.4) is 0 Å². The van der Waals surface area contributed by atoms with Gasteiger partial charge in [-0.1, -0.05) is 188 Å². The molecule has 1 aliphatic rings. The summed E-state index contributed by atoms with van der Waals surface area (Å²) in [4.78, 5) is 10.7. The summed E-state index contributed by atoms with van der Waals surface area (Å²) in [5.41, 5.74) is 14.6. The summed E-state index contributed by atoms with van der Waals surface area (Å²) in [6.07, 6.45) is -0.466. The largest absolute Gasteiger partial charge is 0.455 e. The van der Waals surface area contributed by atoms with Crippen LogP contribution >= 0.6 is 0 Å². The number of para-hydroxylation sites is 3. The minimum atomic E-state index is -0.466. The Morgan fingerprint density at radius 3 is 1.85 bits per heavy atom. The van der Waals surface area contributed by atoms with Crippen molar-refractivity contribution in [3.8, 4) is 39.1 Å². The second-order valence-electron chi connectivity index (χ2n) is 17.0. The number of fused-ring (bicyclic) bond motifs is 7. The molecule has 66 heavy (non-hydrogen) atoms. The number of amidine groups is 2. The second-order valence-corrected chi connectivity index (χ2v) is 17.0. The van der Waals surface area contributed by atoms with E-state index in [0.29, 0.717) is 5.84 Å². The van der Waals surface area contributed by atoms with Crippen molar-refractivity contribution in [1.82, 2.24) is 9.88 Å². The summed E-state index contributed by atoms with van der Waals surface area (Å²) < 4.78 is 9.22. The minimum Gasteiger partial charge on any atom is -0.455 e. The van der Waals surface area contributed by atoms with Gasteiger partial charge in [0.2, 0.25) is 0 Å². The third-order valence-electron chi connectivity index (χ3n) is 13.0. The number of nitrogens with one attached hydrogen (secondary N) is 1. The molecule has 12 aromatic rings. The fourth-order valence-electron chi connectivity index (χ4n) is 9.82. The summed E-state index contributed by atoms with van der Waals surface area (Å²) in [6.45, 7) is 0. The number of hydrogen-bond donors (Lipinski definition) is 1. The highest BCUT2D eigenvalue weighted by Crippen LogP contribution is 2.43. The quantitative estimate of drug-likeness (QED) is 0.174. The van der Waals surface area contributed by atoms with Gasteiger partial charge in [-0.15, -0.1) is 0 Å². The van der Waals surface area contributed by atoms with Crippen molar-refractivity contribution in [2.45, 2.75) is 6.17 Å². The van der Waals surface area contributed by atoms with E-state index >= 15 is 0 Å². The molecule has 0 fully saturated rings. The maximum Gasteiger partial charge on any atom is 0.159 e. The molecule has 0 spiro atoms. The van der Waals surface area contributed by atoms with E-state index in [0.717, 1.165) is 89.0 Å². The van der Waals surface area contributed by atoms with E-state index in [1.54, 1.807) is 0 Å². The highest BCUT2D eigenvalue weighted by molar-refractivity contribution is 6.16. The molecule has 2 aromatic heterocycles. The Morgan fingerprint density at radius 1 is 0.409 bits per heavy atom. The lowest BCUT2D eigenvalue weighted by atomic mass is 9.97. The molecule has 3 heterocycles. The predicted octanol–water partition coefficient (Wildman–Crippen LogP) is 15.3. The van der Waals surface area contributed by atoms with Gasteiger partial charge < -0.3 is 14.3 Å². The number of rotatable bonds is 7. The average molecular weight is 845 g/mol. The standard InChI is InChI=1S/C61H40N4O/c1-3-15-39(16-4-1)41-29-31-42(32-30-41)59-62-60(46-22-13-21-43(35-46)40-17-5-2-6-18-40)64-61(63-59)47-33-34-55(53(37-47)51-26-14-25-50-49-24-10-12-28-57(49)66-58(50)51)65-54-27-11-9-23-48(54)52-36-44-19-7-8-20-45(44)38-56(52)65/h1-38,61H,(H,62,63,64). The van der Waals surface area contributed by atoms with Gasteiger partial charge in [-0.25, -0.2) is 9.98 Å². The fourth-order valence-corrected chi connectivity index (χ4v) is 9.82. The molecule has 10 aromatic carbocycles. The highest BCUT2D eigenvalue weighted by Gasteiger charge is 2.25. The lowest BCUT2D eigenvalue weighted by Gasteiger charge is -2.25. The zero-order valence-corrected chi connectivity index (χ0v) is 35.8. The van der Waals surface area contributed by atoms with Crippen molar-refractivity contribution in [2.24, 2.45) is 9.98 Å². The second kappa shape index (κ2) is 15.5. The molecule has 0 aliphatic carbocycles. The van der Waals surface area contributed by atoms with E-state index in [4.69, 9.17) is 14.4 Å². The van der Waals surface area contributed by atoms with Crippen molar-refractivity contribution < 1.29 is 4.42 Å². The van der Waals surface area contributed by atoms with E-state index in [2.05, 4.69) is 222 Å². The van der Waals surface area contributed by atoms with Gasteiger partial charge in [-0.3, -0.25) is 0 Å². The summed E-state index contributed by atoms with van der Waals surface area (Å²) >= 11 is 0. The minimum absolute atomic E-state index is 0.466. The van der Waals surface area contributed by atoms with Gasteiger partial charge >= 0.3 is 0 Å². The third-order valence-corrected chi connectivity index (χ3v) is 13.0. The maximum atomic E-state index is 6.80. The van der Waals surface area contributed by atoms with Gasteiger partial charge in [-0.2, -0.15) is 0 Å². The van der Waals surface area contributed by atoms with Crippen LogP contribution < -0.4 is 5.32 Å². The predicted molar refractivity (Wildman–Crippen MR) is 274 cm³/mol. The lowest BCUT2D eigenvalue weighted by molar-refractivity contribution is 0.669. The molecule has 13 rings (SSSR count). The summed E-state index contributed by atoms with van der Waals surface area (Å²) in [6, 6.07) is 81.7. The Hall–Kier alpha value is -8.80. The van der Waals surface area contributed by atoms with Gasteiger partial charge in [0.05, 0.1) is 16.7 Å². The Bertz CT molecular complexity index is 3900. The van der Waals surface area contributed by atoms with Gasteiger partial charge in [0.25, 0.3) is 0 Å². The first-order chi connectivity index (χ1) is 32.7. The number of benzene rings is 10. The molecule has 0 amide bonds. The molecule has 5 nitrogen and oxygen atoms in total. The summed E-state index contributed by atoms with van der Waals surface area (Å²) in [5.74, 6) is 1.42. The molecule has 1 atom stereocenters. The molecular formula is C61H40N4O. The van der Waals surface area contributed by atoms with Gasteiger partial charge in [0.15, 0.2) is 5.84 Å². The Balaban J connectivity index is 1.02. The molecule has 1 unspecified atom stereocenters. The maximum absolute atomic E-state index is 6.80. The topological polar surface area (TPSA) is 54.8 Å². The van der Waals surface area contributed by atoms with E-state index in [1.807, 2.05) is 18.2 Å². The van der Waals surface area contributed by atoms with Crippen LogP contribution in [0.4, 0.5) is 0 Å². The molecule has 1 N–H and O–H groups in total. The van der Waals surface area contributed by atoms with Crippen LogP contribution in [-0.4, -0.2) is 16.2 Å². The summed E-state index contributed by atoms with van der Waals surface area (Å²) in [7, 11) is 0. The molecular weight excluding hydrogens is 805 g/mol. The van der Waals surface area contributed by atoms with E-state index in [1.165, 1.54) is 27.1 Å². The van der Waals surface area contributed by atoms with Gasteiger partial charge in [-0.05, 0) is 81.1 Å². The Kier molecular flexibility index (Phi) is 8.84. The fraction of sp³-hybridized carbons (Fsp3) is 0.0164. The van der Waals surface area contributed by atoms with Crippen LogP contribution in [-0.2, 0) is 0 Å². The SMILES string of the molecule is c1ccc(-c2ccc(C3=NC(c4cccc(-c5ccccc5)c4)=NC(c4ccc(-n5c6ccccc6c6cc7ccccc7cc65)c(-c5cccc6c5oc5ccccc56)c4)N3)cc2)cc1. The first kappa shape index (κ1) is 37.7. The van der Waals surface area contributed by atoms with Crippen molar-refractivity contribution in [1.29, 1.82) is 0 Å². The Labute approximate surface area is 381 Å². The van der Waals surface area contributed by atoms with Crippen LogP contribution in [0.2, 0.25) is 0 Å². The van der Waals surface area contributed by atoms with E-state index < -0.39 is 6.17 Å². The molecule has 0 radical (unpaired) electrons. The molecule has 1 aliphatic heterocycles. The normalized spacial score (nSPS) is 13.9. The number of aliphatic imine (C=N–C) groups is 2. The van der Waals surface area contributed by atoms with Crippen LogP contribution in [0.1, 0.15) is 22.9 Å². The first-order valence-corrected chi connectivity index (χ1v) is 22.4. The third kappa shape index (κ3) is 6.40. The Morgan fingerprint density at radius 2 is 1.03 bits per heavy atom. The van der Waals surface area contributed by atoms with Crippen LogP contribution in [0, 0.1) is 0 Å². The first-order valence-electron chi connectivity index (χ1n) is 22.4. The van der Waals surface area contributed by atoms with E-state index in [9.17, 15) is 0 Å². The van der Waals surface area contributed by atoms with E-state index in [-0.39, 0.29) is 0 Å². The molecule has 310 valence electrons. The zero-order chi connectivity index (χ0) is 43.6. The highest BCUT2D eigenvalue weighted by atomic mass is 16.3. The summed E-state index contributed by atoms with van der Waals surface area (Å²) in [5, 5.41) is 10.8. The van der Waals surface area contributed by atoms with Crippen LogP contribution in [0.5, 0.6) is 0 Å². The average Bonchev–Trinajstić information content (AvgIpc) is 3.94. The van der Waals surface area contributed by atoms with Gasteiger partial charge in [0.1, 0.15) is 23.2 Å². The number of furan rings is 1. The monoisotopic (exact) mass is 844 g/mol. The molecule has 0 saturated heterocycles. The van der Waals surface area contributed by atoms with Crippen molar-refractivity contribution >= 4 is 66.2 Å². The zero-order valence-electron chi connectivity index (χ0n) is 35.8. The van der Waals surface area contributed by atoms with Crippen LogP contribution in [0.25, 0.3) is 93.6 Å². The smallest absolute Gasteiger partial charge is 0.159 e. The lowest BCUT2D eigenvalue weighted by Crippen LogP contribution is -2.33. The number of hydrogen-bond acceptors (Lipinski definition) is 4. The van der Waals surface area contributed by atoms with Crippen LogP contribution in [0.15, 0.2) is 245 Å².